The number of hydrogen-bond donors (Lipinski definition) is 0. The molecule has 2 aromatic heterocycles. The van der Waals surface area contributed by atoms with Crippen molar-refractivity contribution in [2.75, 3.05) is 13.2 Å². The summed E-state index contributed by atoms with van der Waals surface area (Å²) in [4.78, 5) is 7.05. The van der Waals surface area contributed by atoms with E-state index in [0.717, 1.165) is 43.7 Å². The molecular formula is C17H23N3O2. The van der Waals surface area contributed by atoms with Crippen LogP contribution in [0.4, 0.5) is 0 Å². The lowest BCUT2D eigenvalue weighted by atomic mass is 10.2. The van der Waals surface area contributed by atoms with Crippen LogP contribution in [0.1, 0.15) is 43.1 Å². The van der Waals surface area contributed by atoms with E-state index in [1.165, 1.54) is 18.5 Å². The van der Waals surface area contributed by atoms with Crippen LogP contribution in [0.25, 0.3) is 0 Å². The molecule has 0 spiro atoms. The van der Waals surface area contributed by atoms with Crippen molar-refractivity contribution in [3.8, 4) is 0 Å². The molecule has 1 fully saturated rings. The molecule has 0 N–H and O–H groups in total. The van der Waals surface area contributed by atoms with E-state index in [1.54, 1.807) is 6.26 Å². The normalized spacial score (nSPS) is 22.0. The Morgan fingerprint density at radius 2 is 2.27 bits per heavy atom. The third-order valence-electron chi connectivity index (χ3n) is 4.74. The topological polar surface area (TPSA) is 43.4 Å². The van der Waals surface area contributed by atoms with E-state index in [1.807, 2.05) is 18.3 Å². The zero-order chi connectivity index (χ0) is 14.9. The van der Waals surface area contributed by atoms with Crippen LogP contribution >= 0.6 is 0 Å². The molecule has 0 radical (unpaired) electrons. The summed E-state index contributed by atoms with van der Waals surface area (Å²) >= 11 is 0. The number of fused-ring (bicyclic) bond motifs is 1. The second-order valence-corrected chi connectivity index (χ2v) is 6.44. The Morgan fingerprint density at radius 1 is 1.36 bits per heavy atom. The van der Waals surface area contributed by atoms with Gasteiger partial charge in [0.25, 0.3) is 0 Å². The highest BCUT2D eigenvalue weighted by Gasteiger charge is 2.28. The lowest BCUT2D eigenvalue weighted by Crippen LogP contribution is -2.37. The molecule has 3 heterocycles. The van der Waals surface area contributed by atoms with Gasteiger partial charge in [-0.1, -0.05) is 0 Å². The monoisotopic (exact) mass is 301 g/mol. The minimum atomic E-state index is 0.302. The number of imidazole rings is 1. The molecular weight excluding hydrogens is 278 g/mol. The Bertz CT molecular complexity index is 616. The fraction of sp³-hybridized carbons (Fsp3) is 0.588. The molecule has 2 aromatic rings. The van der Waals surface area contributed by atoms with Crippen molar-refractivity contribution in [3.63, 3.8) is 0 Å². The zero-order valence-corrected chi connectivity index (χ0v) is 13.1. The van der Waals surface area contributed by atoms with Crippen LogP contribution in [-0.2, 0) is 24.4 Å². The zero-order valence-electron chi connectivity index (χ0n) is 13.1. The molecule has 1 saturated carbocycles. The van der Waals surface area contributed by atoms with E-state index < -0.39 is 0 Å². The van der Waals surface area contributed by atoms with Gasteiger partial charge in [0, 0.05) is 19.7 Å². The van der Waals surface area contributed by atoms with Gasteiger partial charge in [-0.05, 0) is 37.8 Å². The molecule has 0 amide bonds. The molecule has 0 saturated heterocycles. The van der Waals surface area contributed by atoms with E-state index in [0.29, 0.717) is 12.6 Å². The largest absolute Gasteiger partial charge is 0.468 e. The molecule has 0 bridgehead atoms. The van der Waals surface area contributed by atoms with Gasteiger partial charge in [0.15, 0.2) is 0 Å². The summed E-state index contributed by atoms with van der Waals surface area (Å²) in [5.41, 5.74) is 1.21. The van der Waals surface area contributed by atoms with Crippen molar-refractivity contribution in [1.29, 1.82) is 0 Å². The van der Waals surface area contributed by atoms with Crippen LogP contribution in [-0.4, -0.2) is 27.6 Å². The average molecular weight is 301 g/mol. The van der Waals surface area contributed by atoms with Gasteiger partial charge < -0.3 is 13.7 Å². The number of nitrogens with zero attached hydrogens (tertiary/aromatic N) is 3. The average Bonchev–Trinajstić information content (AvgIpc) is 3.03. The maximum Gasteiger partial charge on any atom is 0.126 e. The SMILES string of the molecule is CC1c2ncc(COCC3CC3)n2CCN1Cc1ccco1. The van der Waals surface area contributed by atoms with Gasteiger partial charge in [-0.2, -0.15) is 0 Å². The van der Waals surface area contributed by atoms with Crippen LogP contribution in [0.15, 0.2) is 29.0 Å². The van der Waals surface area contributed by atoms with Crippen LogP contribution in [0.2, 0.25) is 0 Å². The summed E-state index contributed by atoms with van der Waals surface area (Å²) in [7, 11) is 0. The Morgan fingerprint density at radius 3 is 3.05 bits per heavy atom. The molecule has 1 aliphatic heterocycles. The van der Waals surface area contributed by atoms with E-state index in [-0.39, 0.29) is 0 Å². The highest BCUT2D eigenvalue weighted by Crippen LogP contribution is 2.30. The Hall–Kier alpha value is -1.59. The highest BCUT2D eigenvalue weighted by molar-refractivity contribution is 5.11. The quantitative estimate of drug-likeness (QED) is 0.822. The van der Waals surface area contributed by atoms with Gasteiger partial charge in [0.1, 0.15) is 11.6 Å². The second-order valence-electron chi connectivity index (χ2n) is 6.44. The fourth-order valence-electron chi connectivity index (χ4n) is 3.15. The Labute approximate surface area is 130 Å². The van der Waals surface area contributed by atoms with Gasteiger partial charge in [0.2, 0.25) is 0 Å². The third-order valence-corrected chi connectivity index (χ3v) is 4.74. The molecule has 118 valence electrons. The van der Waals surface area contributed by atoms with Crippen molar-refractivity contribution >= 4 is 0 Å². The molecule has 1 unspecified atom stereocenters. The smallest absolute Gasteiger partial charge is 0.126 e. The van der Waals surface area contributed by atoms with Crippen molar-refractivity contribution < 1.29 is 9.15 Å². The molecule has 5 nitrogen and oxygen atoms in total. The molecule has 22 heavy (non-hydrogen) atoms. The summed E-state index contributed by atoms with van der Waals surface area (Å²) < 4.78 is 13.6. The molecule has 1 atom stereocenters. The van der Waals surface area contributed by atoms with E-state index in [4.69, 9.17) is 9.15 Å². The summed E-state index contributed by atoms with van der Waals surface area (Å²) in [5.74, 6) is 2.97. The number of furan rings is 1. The lowest BCUT2D eigenvalue weighted by Gasteiger charge is -2.33. The lowest BCUT2D eigenvalue weighted by molar-refractivity contribution is 0.1000. The predicted octanol–water partition coefficient (Wildman–Crippen LogP) is 2.98. The summed E-state index contributed by atoms with van der Waals surface area (Å²) in [6, 6.07) is 4.28. The standard InChI is InChI=1S/C17H23N3O2/c1-13-17-18-9-15(12-21-11-14-4-5-14)20(17)7-6-19(13)10-16-3-2-8-22-16/h2-3,8-9,13-14H,4-7,10-12H2,1H3. The minimum absolute atomic E-state index is 0.302. The van der Waals surface area contributed by atoms with Gasteiger partial charge in [0.05, 0.1) is 37.3 Å². The second kappa shape index (κ2) is 5.89. The minimum Gasteiger partial charge on any atom is -0.468 e. The number of ether oxygens (including phenoxy) is 1. The molecule has 4 rings (SSSR count). The Balaban J connectivity index is 1.42. The molecule has 0 aromatic carbocycles. The first-order valence-corrected chi connectivity index (χ1v) is 8.19. The number of rotatable bonds is 6. The predicted molar refractivity (Wildman–Crippen MR) is 82.1 cm³/mol. The van der Waals surface area contributed by atoms with Crippen molar-refractivity contribution in [3.05, 3.63) is 41.9 Å². The first-order valence-electron chi connectivity index (χ1n) is 8.19. The number of aromatic nitrogens is 2. The van der Waals surface area contributed by atoms with E-state index in [9.17, 15) is 0 Å². The summed E-state index contributed by atoms with van der Waals surface area (Å²) in [5, 5.41) is 0. The maximum absolute atomic E-state index is 5.83. The summed E-state index contributed by atoms with van der Waals surface area (Å²) in [6.07, 6.45) is 6.39. The summed E-state index contributed by atoms with van der Waals surface area (Å²) in [6.45, 7) is 6.64. The fourth-order valence-corrected chi connectivity index (χ4v) is 3.15. The van der Waals surface area contributed by atoms with E-state index >= 15 is 0 Å². The van der Waals surface area contributed by atoms with Crippen LogP contribution in [0.5, 0.6) is 0 Å². The van der Waals surface area contributed by atoms with Crippen LogP contribution < -0.4 is 0 Å². The van der Waals surface area contributed by atoms with Crippen molar-refractivity contribution in [1.82, 2.24) is 14.5 Å². The van der Waals surface area contributed by atoms with E-state index in [2.05, 4.69) is 21.4 Å². The third kappa shape index (κ3) is 2.83. The van der Waals surface area contributed by atoms with Crippen LogP contribution in [0, 0.1) is 5.92 Å². The molecule has 2 aliphatic rings. The molecule has 1 aliphatic carbocycles. The van der Waals surface area contributed by atoms with Crippen molar-refractivity contribution in [2.24, 2.45) is 5.92 Å². The molecule has 5 heteroatoms. The Kier molecular flexibility index (Phi) is 3.76. The van der Waals surface area contributed by atoms with Crippen LogP contribution in [0.3, 0.4) is 0 Å². The van der Waals surface area contributed by atoms with Gasteiger partial charge in [-0.3, -0.25) is 4.90 Å². The van der Waals surface area contributed by atoms with Gasteiger partial charge in [-0.25, -0.2) is 4.98 Å². The first kappa shape index (κ1) is 14.0. The van der Waals surface area contributed by atoms with Gasteiger partial charge in [-0.15, -0.1) is 0 Å². The first-order chi connectivity index (χ1) is 10.8. The maximum atomic E-state index is 5.83. The number of hydrogen-bond acceptors (Lipinski definition) is 4. The highest BCUT2D eigenvalue weighted by atomic mass is 16.5. The van der Waals surface area contributed by atoms with Crippen molar-refractivity contribution in [2.45, 2.75) is 45.5 Å². The van der Waals surface area contributed by atoms with Gasteiger partial charge >= 0.3 is 0 Å².